The van der Waals surface area contributed by atoms with Gasteiger partial charge in [0.25, 0.3) is 11.8 Å². The van der Waals surface area contributed by atoms with E-state index in [1.165, 1.54) is 0 Å². The van der Waals surface area contributed by atoms with E-state index in [4.69, 9.17) is 20.8 Å². The van der Waals surface area contributed by atoms with Crippen molar-refractivity contribution in [3.8, 4) is 5.75 Å². The maximum absolute atomic E-state index is 13.0. The van der Waals surface area contributed by atoms with Crippen LogP contribution in [0.2, 0.25) is 5.02 Å². The number of carbonyl (C=O) groups excluding carboxylic acids is 2. The molecule has 0 fully saturated rings. The molecule has 2 amide bonds. The minimum Gasteiger partial charge on any atom is -0.497 e. The molecule has 4 aromatic rings. The first-order valence-electron chi connectivity index (χ1n) is 9.09. The number of rotatable bonds is 5. The average Bonchev–Trinajstić information content (AvgIpc) is 3.12. The molecule has 3 aromatic carbocycles. The number of methoxy groups -OCH3 is 1. The molecule has 0 bridgehead atoms. The number of carbonyl (C=O) groups is 2. The molecule has 0 spiro atoms. The van der Waals surface area contributed by atoms with Crippen molar-refractivity contribution in [2.75, 3.05) is 17.7 Å². The van der Waals surface area contributed by atoms with Gasteiger partial charge in [-0.2, -0.15) is 0 Å². The van der Waals surface area contributed by atoms with Gasteiger partial charge in [0.05, 0.1) is 17.7 Å². The van der Waals surface area contributed by atoms with Crippen LogP contribution in [0.5, 0.6) is 5.75 Å². The third kappa shape index (κ3) is 3.86. The molecule has 0 saturated carbocycles. The van der Waals surface area contributed by atoms with Gasteiger partial charge in [0.2, 0.25) is 5.76 Å². The summed E-state index contributed by atoms with van der Waals surface area (Å²) < 4.78 is 10.9. The fourth-order valence-corrected chi connectivity index (χ4v) is 3.27. The summed E-state index contributed by atoms with van der Waals surface area (Å²) in [6.07, 6.45) is 0. The lowest BCUT2D eigenvalue weighted by Gasteiger charge is -2.09. The van der Waals surface area contributed by atoms with Crippen molar-refractivity contribution in [2.24, 2.45) is 0 Å². The van der Waals surface area contributed by atoms with Crippen LogP contribution in [0.4, 0.5) is 11.4 Å². The fourth-order valence-electron chi connectivity index (χ4n) is 3.04. The molecule has 0 saturated heterocycles. The SMILES string of the molecule is COc1cccc(NC(=O)c2oc3ccccc3c2NC(=O)c2ccccc2Cl)c1. The zero-order chi connectivity index (χ0) is 21.1. The van der Waals surface area contributed by atoms with Gasteiger partial charge >= 0.3 is 0 Å². The molecule has 0 unspecified atom stereocenters. The minimum absolute atomic E-state index is 0.0144. The topological polar surface area (TPSA) is 80.6 Å². The van der Waals surface area contributed by atoms with Gasteiger partial charge in [-0.25, -0.2) is 0 Å². The normalized spacial score (nSPS) is 10.6. The second-order valence-electron chi connectivity index (χ2n) is 6.42. The number of amides is 2. The highest BCUT2D eigenvalue weighted by atomic mass is 35.5. The van der Waals surface area contributed by atoms with Crippen molar-refractivity contribution in [3.63, 3.8) is 0 Å². The zero-order valence-corrected chi connectivity index (χ0v) is 16.7. The van der Waals surface area contributed by atoms with Crippen LogP contribution in [-0.2, 0) is 0 Å². The number of ether oxygens (including phenoxy) is 1. The smallest absolute Gasteiger partial charge is 0.293 e. The van der Waals surface area contributed by atoms with Crippen molar-refractivity contribution >= 4 is 45.8 Å². The Bertz CT molecular complexity index is 1250. The molecule has 0 radical (unpaired) electrons. The quantitative estimate of drug-likeness (QED) is 0.440. The molecule has 0 aliphatic rings. The van der Waals surface area contributed by atoms with Gasteiger partial charge in [-0.15, -0.1) is 0 Å². The summed E-state index contributed by atoms with van der Waals surface area (Å²) in [4.78, 5) is 25.8. The summed E-state index contributed by atoms with van der Waals surface area (Å²) in [6, 6.07) is 20.7. The summed E-state index contributed by atoms with van der Waals surface area (Å²) in [7, 11) is 1.54. The lowest BCUT2D eigenvalue weighted by molar-refractivity contribution is 0.0999. The number of para-hydroxylation sites is 1. The van der Waals surface area contributed by atoms with E-state index in [-0.39, 0.29) is 11.4 Å². The lowest BCUT2D eigenvalue weighted by atomic mass is 10.1. The number of fused-ring (bicyclic) bond motifs is 1. The average molecular weight is 421 g/mol. The van der Waals surface area contributed by atoms with E-state index in [0.717, 1.165) is 0 Å². The number of benzene rings is 3. The van der Waals surface area contributed by atoms with Gasteiger partial charge in [0.1, 0.15) is 17.0 Å². The molecule has 0 aliphatic carbocycles. The first kappa shape index (κ1) is 19.5. The summed E-state index contributed by atoms with van der Waals surface area (Å²) in [5, 5.41) is 6.46. The molecule has 6 nitrogen and oxygen atoms in total. The van der Waals surface area contributed by atoms with Crippen LogP contribution in [-0.4, -0.2) is 18.9 Å². The van der Waals surface area contributed by atoms with Crippen LogP contribution in [0.1, 0.15) is 20.9 Å². The highest BCUT2D eigenvalue weighted by molar-refractivity contribution is 6.34. The Hall–Kier alpha value is -3.77. The second kappa shape index (κ2) is 8.31. The van der Waals surface area contributed by atoms with Crippen molar-refractivity contribution < 1.29 is 18.7 Å². The van der Waals surface area contributed by atoms with E-state index in [1.807, 2.05) is 0 Å². The maximum atomic E-state index is 13.0. The van der Waals surface area contributed by atoms with Crippen LogP contribution >= 0.6 is 11.6 Å². The number of hydrogen-bond donors (Lipinski definition) is 2. The van der Waals surface area contributed by atoms with Crippen molar-refractivity contribution in [3.05, 3.63) is 89.1 Å². The number of nitrogens with one attached hydrogen (secondary N) is 2. The third-order valence-electron chi connectivity index (χ3n) is 4.49. The van der Waals surface area contributed by atoms with Crippen LogP contribution < -0.4 is 15.4 Å². The number of anilines is 2. The predicted molar refractivity (Wildman–Crippen MR) is 117 cm³/mol. The molecule has 1 heterocycles. The molecule has 7 heteroatoms. The third-order valence-corrected chi connectivity index (χ3v) is 4.82. The highest BCUT2D eigenvalue weighted by Crippen LogP contribution is 2.32. The van der Waals surface area contributed by atoms with E-state index < -0.39 is 11.8 Å². The Morgan fingerprint density at radius 2 is 1.67 bits per heavy atom. The summed E-state index contributed by atoms with van der Waals surface area (Å²) in [5.41, 5.74) is 1.57. The first-order chi connectivity index (χ1) is 14.6. The number of furan rings is 1. The maximum Gasteiger partial charge on any atom is 0.293 e. The van der Waals surface area contributed by atoms with E-state index in [0.29, 0.717) is 33.0 Å². The van der Waals surface area contributed by atoms with E-state index in [2.05, 4.69) is 10.6 Å². The minimum atomic E-state index is -0.506. The van der Waals surface area contributed by atoms with Crippen molar-refractivity contribution in [1.29, 1.82) is 0 Å². The highest BCUT2D eigenvalue weighted by Gasteiger charge is 2.23. The van der Waals surface area contributed by atoms with Crippen LogP contribution in [0, 0.1) is 0 Å². The largest absolute Gasteiger partial charge is 0.497 e. The molecule has 0 aliphatic heterocycles. The van der Waals surface area contributed by atoms with Gasteiger partial charge in [0, 0.05) is 17.1 Å². The van der Waals surface area contributed by atoms with E-state index in [9.17, 15) is 9.59 Å². The predicted octanol–water partition coefficient (Wildman–Crippen LogP) is 5.60. The van der Waals surface area contributed by atoms with E-state index >= 15 is 0 Å². The van der Waals surface area contributed by atoms with Gasteiger partial charge in [-0.05, 0) is 36.4 Å². The molecular weight excluding hydrogens is 404 g/mol. The molecule has 1 aromatic heterocycles. The number of halogens is 1. The van der Waals surface area contributed by atoms with Crippen molar-refractivity contribution in [1.82, 2.24) is 0 Å². The fraction of sp³-hybridized carbons (Fsp3) is 0.0435. The van der Waals surface area contributed by atoms with Gasteiger partial charge in [-0.1, -0.05) is 41.9 Å². The van der Waals surface area contributed by atoms with Gasteiger partial charge in [-0.3, -0.25) is 9.59 Å². The Morgan fingerprint density at radius 1 is 0.900 bits per heavy atom. The van der Waals surface area contributed by atoms with Gasteiger partial charge in [0.15, 0.2) is 0 Å². The van der Waals surface area contributed by atoms with E-state index in [1.54, 1.807) is 79.9 Å². The second-order valence-corrected chi connectivity index (χ2v) is 6.83. The number of hydrogen-bond acceptors (Lipinski definition) is 4. The molecule has 4 rings (SSSR count). The molecule has 30 heavy (non-hydrogen) atoms. The monoisotopic (exact) mass is 420 g/mol. The van der Waals surface area contributed by atoms with Crippen molar-refractivity contribution in [2.45, 2.75) is 0 Å². The summed E-state index contributed by atoms with van der Waals surface area (Å²) in [5.74, 6) is -0.361. The zero-order valence-electron chi connectivity index (χ0n) is 15.9. The van der Waals surface area contributed by atoms with Gasteiger partial charge < -0.3 is 19.8 Å². The Labute approximate surface area is 177 Å². The molecule has 0 atom stereocenters. The summed E-state index contributed by atoms with van der Waals surface area (Å²) >= 11 is 6.14. The molecule has 2 N–H and O–H groups in total. The van der Waals surface area contributed by atoms with Crippen LogP contribution in [0.15, 0.2) is 77.2 Å². The Kier molecular flexibility index (Phi) is 5.41. The summed E-state index contributed by atoms with van der Waals surface area (Å²) in [6.45, 7) is 0. The van der Waals surface area contributed by atoms with Crippen LogP contribution in [0.25, 0.3) is 11.0 Å². The Morgan fingerprint density at radius 3 is 2.47 bits per heavy atom. The Balaban J connectivity index is 1.70. The lowest BCUT2D eigenvalue weighted by Crippen LogP contribution is -2.17. The first-order valence-corrected chi connectivity index (χ1v) is 9.47. The molecule has 150 valence electrons. The molecular formula is C23H17ClN2O4. The standard InChI is InChI=1S/C23H17ClN2O4/c1-29-15-8-6-7-14(13-15)25-23(28)21-20(17-10-3-5-12-19(17)30-21)26-22(27)16-9-2-4-11-18(16)24/h2-13H,1H3,(H,25,28)(H,26,27). The van der Waals surface area contributed by atoms with Crippen LogP contribution in [0.3, 0.4) is 0 Å².